The van der Waals surface area contributed by atoms with Gasteiger partial charge in [-0.15, -0.1) is 0 Å². The van der Waals surface area contributed by atoms with Crippen LogP contribution in [0.5, 0.6) is 0 Å². The van der Waals surface area contributed by atoms with Crippen LogP contribution in [0.15, 0.2) is 16.6 Å². The maximum absolute atomic E-state index is 12.5. The fourth-order valence-corrected chi connectivity index (χ4v) is 2.01. The van der Waals surface area contributed by atoms with Gasteiger partial charge < -0.3 is 0 Å². The minimum absolute atomic E-state index is 0.0706. The molecule has 0 aromatic rings. The van der Waals surface area contributed by atoms with Gasteiger partial charge in [0.05, 0.1) is 5.71 Å². The van der Waals surface area contributed by atoms with E-state index in [2.05, 4.69) is 10.3 Å². The van der Waals surface area contributed by atoms with E-state index in [0.717, 1.165) is 6.08 Å². The number of carbonyl (C=O) groups excluding carboxylic acids is 1. The highest BCUT2D eigenvalue weighted by atomic mass is 19.4. The van der Waals surface area contributed by atoms with Gasteiger partial charge in [-0.2, -0.15) is 13.2 Å². The van der Waals surface area contributed by atoms with Crippen molar-refractivity contribution in [1.82, 2.24) is 5.32 Å². The van der Waals surface area contributed by atoms with Gasteiger partial charge in [-0.25, -0.2) is 0 Å². The van der Waals surface area contributed by atoms with Crippen LogP contribution in [0.2, 0.25) is 0 Å². The Kier molecular flexibility index (Phi) is 3.07. The molecular formula is C11H13F3N2O. The Morgan fingerprint density at radius 3 is 2.82 bits per heavy atom. The van der Waals surface area contributed by atoms with E-state index < -0.39 is 17.8 Å². The van der Waals surface area contributed by atoms with Crippen molar-refractivity contribution in [2.24, 2.45) is 10.9 Å². The van der Waals surface area contributed by atoms with Gasteiger partial charge in [-0.3, -0.25) is 15.1 Å². The summed E-state index contributed by atoms with van der Waals surface area (Å²) in [4.78, 5) is 15.9. The molecule has 0 radical (unpaired) electrons. The summed E-state index contributed by atoms with van der Waals surface area (Å²) in [5, 5.41) is 2.63. The lowest BCUT2D eigenvalue weighted by Crippen LogP contribution is -2.49. The SMILES string of the molecule is CC1CCN=C2C=C(C(F)(F)F)CNC2C1=O. The molecule has 1 N–H and O–H groups in total. The summed E-state index contributed by atoms with van der Waals surface area (Å²) in [5.41, 5.74) is -0.451. The smallest absolute Gasteiger partial charge is 0.298 e. The first kappa shape index (κ1) is 12.3. The molecule has 0 spiro atoms. The van der Waals surface area contributed by atoms with Crippen molar-refractivity contribution in [3.63, 3.8) is 0 Å². The third-order valence-corrected chi connectivity index (χ3v) is 3.11. The highest BCUT2D eigenvalue weighted by Gasteiger charge is 2.39. The monoisotopic (exact) mass is 246 g/mol. The normalized spacial score (nSPS) is 30.2. The molecule has 0 fully saturated rings. The van der Waals surface area contributed by atoms with E-state index in [4.69, 9.17) is 0 Å². The van der Waals surface area contributed by atoms with Crippen molar-refractivity contribution in [2.75, 3.05) is 13.1 Å². The molecular weight excluding hydrogens is 233 g/mol. The number of nitrogens with zero attached hydrogens (tertiary/aromatic N) is 1. The van der Waals surface area contributed by atoms with Crippen molar-refractivity contribution >= 4 is 11.5 Å². The van der Waals surface area contributed by atoms with E-state index in [0.29, 0.717) is 13.0 Å². The average Bonchev–Trinajstić information content (AvgIpc) is 2.38. The lowest BCUT2D eigenvalue weighted by molar-refractivity contribution is -0.123. The highest BCUT2D eigenvalue weighted by molar-refractivity contribution is 6.16. The number of nitrogens with one attached hydrogen (secondary N) is 1. The first-order valence-electron chi connectivity index (χ1n) is 5.49. The van der Waals surface area contributed by atoms with E-state index >= 15 is 0 Å². The zero-order valence-electron chi connectivity index (χ0n) is 9.34. The van der Waals surface area contributed by atoms with Crippen LogP contribution < -0.4 is 5.32 Å². The molecule has 0 saturated carbocycles. The van der Waals surface area contributed by atoms with E-state index in [1.807, 2.05) is 0 Å². The Labute approximate surface area is 96.8 Å². The number of hydrogen-bond donors (Lipinski definition) is 1. The van der Waals surface area contributed by atoms with Gasteiger partial charge in [0.15, 0.2) is 5.78 Å². The first-order chi connectivity index (χ1) is 7.89. The molecule has 2 aliphatic heterocycles. The Morgan fingerprint density at radius 1 is 1.47 bits per heavy atom. The molecule has 0 amide bonds. The fourth-order valence-electron chi connectivity index (χ4n) is 2.01. The quantitative estimate of drug-likeness (QED) is 0.703. The largest absolute Gasteiger partial charge is 0.413 e. The van der Waals surface area contributed by atoms with Crippen LogP contribution in [0.4, 0.5) is 13.2 Å². The van der Waals surface area contributed by atoms with Crippen molar-refractivity contribution in [3.8, 4) is 0 Å². The highest BCUT2D eigenvalue weighted by Crippen LogP contribution is 2.28. The van der Waals surface area contributed by atoms with Gasteiger partial charge in [0, 0.05) is 24.6 Å². The van der Waals surface area contributed by atoms with Gasteiger partial charge in [0.1, 0.15) is 6.04 Å². The Hall–Kier alpha value is -1.17. The molecule has 17 heavy (non-hydrogen) atoms. The van der Waals surface area contributed by atoms with Crippen LogP contribution in [-0.2, 0) is 4.79 Å². The van der Waals surface area contributed by atoms with Crippen LogP contribution >= 0.6 is 0 Å². The summed E-state index contributed by atoms with van der Waals surface area (Å²) in [5.74, 6) is -0.228. The summed E-state index contributed by atoms with van der Waals surface area (Å²) >= 11 is 0. The molecule has 6 heteroatoms. The molecule has 0 aromatic carbocycles. The number of rotatable bonds is 0. The second kappa shape index (κ2) is 4.25. The maximum Gasteiger partial charge on any atom is 0.413 e. The molecule has 94 valence electrons. The van der Waals surface area contributed by atoms with E-state index in [9.17, 15) is 18.0 Å². The van der Waals surface area contributed by atoms with Gasteiger partial charge in [-0.05, 0) is 12.5 Å². The van der Waals surface area contributed by atoms with Crippen LogP contribution in [0.25, 0.3) is 0 Å². The van der Waals surface area contributed by atoms with Crippen LogP contribution in [0, 0.1) is 5.92 Å². The fraction of sp³-hybridized carbons (Fsp3) is 0.636. The number of halogens is 3. The maximum atomic E-state index is 12.5. The summed E-state index contributed by atoms with van der Waals surface area (Å²) in [7, 11) is 0. The molecule has 2 unspecified atom stereocenters. The van der Waals surface area contributed by atoms with Gasteiger partial charge in [-0.1, -0.05) is 6.92 Å². The Balaban J connectivity index is 2.30. The first-order valence-corrected chi connectivity index (χ1v) is 5.49. The molecule has 0 aliphatic carbocycles. The molecule has 0 bridgehead atoms. The van der Waals surface area contributed by atoms with Crippen molar-refractivity contribution < 1.29 is 18.0 Å². The summed E-state index contributed by atoms with van der Waals surface area (Å²) in [6, 6.07) is -0.668. The molecule has 2 atom stereocenters. The minimum Gasteiger partial charge on any atom is -0.298 e. The molecule has 0 aromatic heterocycles. The lowest BCUT2D eigenvalue weighted by atomic mass is 9.92. The summed E-state index contributed by atoms with van der Waals surface area (Å²) in [6.07, 6.45) is -2.76. The van der Waals surface area contributed by atoms with Crippen LogP contribution in [0.3, 0.4) is 0 Å². The van der Waals surface area contributed by atoms with E-state index in [1.165, 1.54) is 0 Å². The van der Waals surface area contributed by atoms with E-state index in [1.54, 1.807) is 6.92 Å². The molecule has 2 rings (SSSR count). The van der Waals surface area contributed by atoms with E-state index in [-0.39, 0.29) is 24.0 Å². The number of ketones is 1. The standard InChI is InChI=1S/C11H13F3N2O/c1-6-2-3-15-8-4-7(11(12,13)14)5-16-9(8)10(6)17/h4,6,9,16H,2-3,5H2,1H3. The lowest BCUT2D eigenvalue weighted by Gasteiger charge is -2.25. The van der Waals surface area contributed by atoms with Crippen molar-refractivity contribution in [2.45, 2.75) is 25.6 Å². The zero-order valence-corrected chi connectivity index (χ0v) is 9.34. The molecule has 3 nitrogen and oxygen atoms in total. The molecule has 2 aliphatic rings. The number of fused-ring (bicyclic) bond motifs is 1. The zero-order chi connectivity index (χ0) is 12.6. The van der Waals surface area contributed by atoms with Crippen LogP contribution in [-0.4, -0.2) is 36.8 Å². The second-order valence-corrected chi connectivity index (χ2v) is 4.38. The topological polar surface area (TPSA) is 41.5 Å². The number of Topliss-reactive ketones (excluding diaryl/α,β-unsaturated/α-hetero) is 1. The third-order valence-electron chi connectivity index (χ3n) is 3.11. The Bertz CT molecular complexity index is 398. The number of aliphatic imine (C=N–C) groups is 1. The predicted octanol–water partition coefficient (Wildman–Crippen LogP) is 1.50. The molecule has 0 saturated heterocycles. The number of alkyl halides is 3. The summed E-state index contributed by atoms with van der Waals surface area (Å²) in [6.45, 7) is 1.86. The third kappa shape index (κ3) is 2.41. The number of carbonyl (C=O) groups is 1. The van der Waals surface area contributed by atoms with Crippen molar-refractivity contribution in [3.05, 3.63) is 11.6 Å². The van der Waals surface area contributed by atoms with Crippen LogP contribution in [0.1, 0.15) is 13.3 Å². The predicted molar refractivity (Wildman–Crippen MR) is 57.0 cm³/mol. The number of hydrogen-bond acceptors (Lipinski definition) is 3. The van der Waals surface area contributed by atoms with Gasteiger partial charge in [0.2, 0.25) is 0 Å². The van der Waals surface area contributed by atoms with Gasteiger partial charge >= 0.3 is 6.18 Å². The van der Waals surface area contributed by atoms with Gasteiger partial charge in [0.25, 0.3) is 0 Å². The van der Waals surface area contributed by atoms with Crippen molar-refractivity contribution in [1.29, 1.82) is 0 Å². The summed E-state index contributed by atoms with van der Waals surface area (Å²) < 4.78 is 37.6. The minimum atomic E-state index is -4.36. The average molecular weight is 246 g/mol. The second-order valence-electron chi connectivity index (χ2n) is 4.38. The Morgan fingerprint density at radius 2 is 2.18 bits per heavy atom. The molecule has 2 heterocycles.